The first-order valence-corrected chi connectivity index (χ1v) is 14.0. The average Bonchev–Trinajstić information content (AvgIpc) is 3.34. The van der Waals surface area contributed by atoms with Crippen LogP contribution in [0.2, 0.25) is 0 Å². The molecule has 1 aromatic heterocycles. The van der Waals surface area contributed by atoms with Crippen LogP contribution in [0.3, 0.4) is 0 Å². The van der Waals surface area contributed by atoms with Gasteiger partial charge in [-0.1, -0.05) is 56.8 Å². The SMILES string of the molecule is COc1ccc(NC(=O)CSc2nnc(CNC(=O)c3ccc(C(C)(C)C)cc3)n2-c2cccc(C)c2C)cc1. The number of aryl methyl sites for hydroxylation is 1. The van der Waals surface area contributed by atoms with Crippen LogP contribution in [0.25, 0.3) is 5.69 Å². The first-order valence-electron chi connectivity index (χ1n) is 13.0. The van der Waals surface area contributed by atoms with E-state index >= 15 is 0 Å². The van der Waals surface area contributed by atoms with Gasteiger partial charge >= 0.3 is 0 Å². The maximum Gasteiger partial charge on any atom is 0.251 e. The van der Waals surface area contributed by atoms with Crippen molar-refractivity contribution in [3.8, 4) is 11.4 Å². The monoisotopic (exact) mass is 557 g/mol. The van der Waals surface area contributed by atoms with Gasteiger partial charge in [0.05, 0.1) is 25.1 Å². The van der Waals surface area contributed by atoms with Crippen LogP contribution in [-0.2, 0) is 16.8 Å². The molecule has 40 heavy (non-hydrogen) atoms. The Kier molecular flexibility index (Phi) is 8.94. The summed E-state index contributed by atoms with van der Waals surface area (Å²) in [6.07, 6.45) is 0. The number of aromatic nitrogens is 3. The van der Waals surface area contributed by atoms with Crippen molar-refractivity contribution >= 4 is 29.3 Å². The topological polar surface area (TPSA) is 98.1 Å². The minimum absolute atomic E-state index is 0.0106. The largest absolute Gasteiger partial charge is 0.497 e. The minimum atomic E-state index is -0.191. The number of ether oxygens (including phenoxy) is 1. The molecule has 4 rings (SSSR count). The highest BCUT2D eigenvalue weighted by Crippen LogP contribution is 2.27. The summed E-state index contributed by atoms with van der Waals surface area (Å²) in [6, 6.07) is 20.8. The predicted octanol–water partition coefficient (Wildman–Crippen LogP) is 5.85. The molecule has 9 heteroatoms. The highest BCUT2D eigenvalue weighted by molar-refractivity contribution is 7.99. The van der Waals surface area contributed by atoms with Crippen LogP contribution in [-0.4, -0.2) is 39.4 Å². The van der Waals surface area contributed by atoms with Gasteiger partial charge in [-0.05, 0) is 78.4 Å². The Bertz CT molecular complexity index is 1490. The minimum Gasteiger partial charge on any atom is -0.497 e. The molecule has 0 saturated carbocycles. The summed E-state index contributed by atoms with van der Waals surface area (Å²) in [7, 11) is 1.60. The highest BCUT2D eigenvalue weighted by atomic mass is 32.2. The number of anilines is 1. The molecule has 0 radical (unpaired) electrons. The number of amides is 2. The maximum atomic E-state index is 12.9. The van der Waals surface area contributed by atoms with E-state index < -0.39 is 0 Å². The molecule has 0 atom stereocenters. The fourth-order valence-electron chi connectivity index (χ4n) is 4.11. The number of nitrogens with one attached hydrogen (secondary N) is 2. The van der Waals surface area contributed by atoms with Gasteiger partial charge in [0.15, 0.2) is 11.0 Å². The lowest BCUT2D eigenvalue weighted by molar-refractivity contribution is -0.113. The van der Waals surface area contributed by atoms with E-state index in [-0.39, 0.29) is 29.5 Å². The van der Waals surface area contributed by atoms with Gasteiger partial charge in [-0.15, -0.1) is 10.2 Å². The summed E-state index contributed by atoms with van der Waals surface area (Å²) in [5.41, 5.74) is 5.53. The summed E-state index contributed by atoms with van der Waals surface area (Å²) in [5, 5.41) is 15.2. The van der Waals surface area contributed by atoms with Crippen molar-refractivity contribution in [3.05, 3.63) is 94.8 Å². The number of benzene rings is 3. The first kappa shape index (κ1) is 28.9. The molecule has 0 aliphatic carbocycles. The van der Waals surface area contributed by atoms with E-state index in [0.717, 1.165) is 28.1 Å². The zero-order valence-electron chi connectivity index (χ0n) is 23.7. The van der Waals surface area contributed by atoms with Gasteiger partial charge in [-0.2, -0.15) is 0 Å². The summed E-state index contributed by atoms with van der Waals surface area (Å²) < 4.78 is 7.08. The van der Waals surface area contributed by atoms with Gasteiger partial charge in [0.2, 0.25) is 5.91 Å². The molecular weight excluding hydrogens is 522 g/mol. The van der Waals surface area contributed by atoms with Crippen LogP contribution in [0, 0.1) is 13.8 Å². The van der Waals surface area contributed by atoms with Crippen molar-refractivity contribution in [2.45, 2.75) is 51.7 Å². The Morgan fingerprint density at radius 3 is 2.30 bits per heavy atom. The van der Waals surface area contributed by atoms with E-state index in [9.17, 15) is 9.59 Å². The molecule has 0 fully saturated rings. The predicted molar refractivity (Wildman–Crippen MR) is 159 cm³/mol. The standard InChI is InChI=1S/C31H35N5O3S/c1-20-8-7-9-26(21(20)2)36-27(18-32-29(38)22-10-12-23(13-11-22)31(3,4)5)34-35-30(36)40-19-28(37)33-24-14-16-25(39-6)17-15-24/h7-17H,18-19H2,1-6H3,(H,32,38)(H,33,37). The Hall–Kier alpha value is -4.11. The number of methoxy groups -OCH3 is 1. The number of thioether (sulfide) groups is 1. The molecule has 0 unspecified atom stereocenters. The number of hydrogen-bond acceptors (Lipinski definition) is 6. The molecule has 8 nitrogen and oxygen atoms in total. The molecular formula is C31H35N5O3S. The van der Waals surface area contributed by atoms with Crippen molar-refractivity contribution in [2.75, 3.05) is 18.2 Å². The molecule has 0 aliphatic rings. The lowest BCUT2D eigenvalue weighted by atomic mass is 9.87. The molecule has 0 spiro atoms. The Labute approximate surface area is 239 Å². The van der Waals surface area contributed by atoms with Crippen LogP contribution in [0.4, 0.5) is 5.69 Å². The maximum absolute atomic E-state index is 12.9. The van der Waals surface area contributed by atoms with Crippen molar-refractivity contribution < 1.29 is 14.3 Å². The smallest absolute Gasteiger partial charge is 0.251 e. The zero-order valence-corrected chi connectivity index (χ0v) is 24.6. The van der Waals surface area contributed by atoms with E-state index in [4.69, 9.17) is 4.74 Å². The lowest BCUT2D eigenvalue weighted by Gasteiger charge is -2.19. The summed E-state index contributed by atoms with van der Waals surface area (Å²) >= 11 is 1.29. The Morgan fingerprint density at radius 2 is 1.65 bits per heavy atom. The molecule has 0 bridgehead atoms. The van der Waals surface area contributed by atoms with Crippen LogP contribution < -0.4 is 15.4 Å². The second-order valence-electron chi connectivity index (χ2n) is 10.5. The van der Waals surface area contributed by atoms with Crippen LogP contribution in [0.1, 0.15) is 53.6 Å². The van der Waals surface area contributed by atoms with Crippen molar-refractivity contribution in [1.82, 2.24) is 20.1 Å². The Morgan fingerprint density at radius 1 is 0.950 bits per heavy atom. The van der Waals surface area contributed by atoms with E-state index in [0.29, 0.717) is 22.2 Å². The third-order valence-electron chi connectivity index (χ3n) is 6.64. The molecule has 2 N–H and O–H groups in total. The molecule has 2 amide bonds. The summed E-state index contributed by atoms with van der Waals surface area (Å²) in [6.45, 7) is 10.7. The number of carbonyl (C=O) groups is 2. The first-order chi connectivity index (χ1) is 19.1. The van der Waals surface area contributed by atoms with E-state index in [1.807, 2.05) is 60.9 Å². The van der Waals surface area contributed by atoms with Crippen molar-refractivity contribution in [2.24, 2.45) is 0 Å². The number of carbonyl (C=O) groups excluding carboxylic acids is 2. The summed E-state index contributed by atoms with van der Waals surface area (Å²) in [5.74, 6) is 1.08. The second kappa shape index (κ2) is 12.4. The third-order valence-corrected chi connectivity index (χ3v) is 7.57. The zero-order chi connectivity index (χ0) is 28.9. The normalized spacial score (nSPS) is 11.2. The Balaban J connectivity index is 1.51. The fourth-order valence-corrected chi connectivity index (χ4v) is 4.88. The molecule has 3 aromatic carbocycles. The van der Waals surface area contributed by atoms with Crippen LogP contribution >= 0.6 is 11.8 Å². The quantitative estimate of drug-likeness (QED) is 0.251. The van der Waals surface area contributed by atoms with Crippen molar-refractivity contribution in [1.29, 1.82) is 0 Å². The molecule has 1 heterocycles. The van der Waals surface area contributed by atoms with Gasteiger partial charge in [-0.25, -0.2) is 0 Å². The number of rotatable bonds is 9. The van der Waals surface area contributed by atoms with Crippen LogP contribution in [0.5, 0.6) is 5.75 Å². The highest BCUT2D eigenvalue weighted by Gasteiger charge is 2.19. The number of nitrogens with zero attached hydrogens (tertiary/aromatic N) is 3. The van der Waals surface area contributed by atoms with Crippen molar-refractivity contribution in [3.63, 3.8) is 0 Å². The van der Waals surface area contributed by atoms with E-state index in [2.05, 4.69) is 41.6 Å². The summed E-state index contributed by atoms with van der Waals surface area (Å²) in [4.78, 5) is 25.6. The van der Waals surface area contributed by atoms with Gasteiger partial charge in [-0.3, -0.25) is 14.2 Å². The average molecular weight is 558 g/mol. The van der Waals surface area contributed by atoms with E-state index in [1.54, 1.807) is 31.4 Å². The molecule has 0 aliphatic heterocycles. The second-order valence-corrected chi connectivity index (χ2v) is 11.5. The van der Waals surface area contributed by atoms with E-state index in [1.165, 1.54) is 11.8 Å². The molecule has 208 valence electrons. The molecule has 4 aromatic rings. The van der Waals surface area contributed by atoms with Gasteiger partial charge in [0.25, 0.3) is 5.91 Å². The fraction of sp³-hybridized carbons (Fsp3) is 0.290. The van der Waals surface area contributed by atoms with Crippen LogP contribution in [0.15, 0.2) is 71.9 Å². The molecule has 0 saturated heterocycles. The van der Waals surface area contributed by atoms with Gasteiger partial charge < -0.3 is 15.4 Å². The third kappa shape index (κ3) is 6.90. The number of hydrogen-bond donors (Lipinski definition) is 2. The van der Waals surface area contributed by atoms with Gasteiger partial charge in [0, 0.05) is 11.3 Å². The lowest BCUT2D eigenvalue weighted by Crippen LogP contribution is -2.25. The van der Waals surface area contributed by atoms with Gasteiger partial charge in [0.1, 0.15) is 5.75 Å².